The predicted octanol–water partition coefficient (Wildman–Crippen LogP) is 1.81. The van der Waals surface area contributed by atoms with Crippen molar-refractivity contribution >= 4 is 0 Å². The Hall–Kier alpha value is -0.870. The van der Waals surface area contributed by atoms with Crippen molar-refractivity contribution in [1.29, 1.82) is 0 Å². The highest BCUT2D eigenvalue weighted by atomic mass is 16.5. The van der Waals surface area contributed by atoms with Gasteiger partial charge in [0.05, 0.1) is 5.69 Å². The molecule has 1 aromatic rings. The van der Waals surface area contributed by atoms with Crippen LogP contribution in [0.1, 0.15) is 43.4 Å². The molecule has 15 heavy (non-hydrogen) atoms. The molecule has 2 heterocycles. The number of ether oxygens (including phenoxy) is 1. The van der Waals surface area contributed by atoms with E-state index in [1.165, 1.54) is 6.42 Å². The van der Waals surface area contributed by atoms with E-state index in [4.69, 9.17) is 14.9 Å². The SMILES string of the molecule is NCCCc1coc(C2CCCCO2)n1. The van der Waals surface area contributed by atoms with Crippen LogP contribution in [0.5, 0.6) is 0 Å². The lowest BCUT2D eigenvalue weighted by Gasteiger charge is -2.19. The topological polar surface area (TPSA) is 61.3 Å². The maximum absolute atomic E-state index is 5.60. The maximum Gasteiger partial charge on any atom is 0.223 e. The highest BCUT2D eigenvalue weighted by Gasteiger charge is 2.20. The summed E-state index contributed by atoms with van der Waals surface area (Å²) in [5, 5.41) is 0. The van der Waals surface area contributed by atoms with Crippen LogP contribution in [0.3, 0.4) is 0 Å². The van der Waals surface area contributed by atoms with Crippen molar-refractivity contribution < 1.29 is 9.15 Å². The summed E-state index contributed by atoms with van der Waals surface area (Å²) in [7, 11) is 0. The molecule has 4 heteroatoms. The van der Waals surface area contributed by atoms with Crippen molar-refractivity contribution in [3.8, 4) is 0 Å². The van der Waals surface area contributed by atoms with E-state index in [2.05, 4.69) is 4.98 Å². The molecule has 1 aromatic heterocycles. The standard InChI is InChI=1S/C11H18N2O2/c12-6-3-4-9-8-15-11(13-9)10-5-1-2-7-14-10/h8,10H,1-7,12H2. The molecular formula is C11H18N2O2. The van der Waals surface area contributed by atoms with Crippen LogP contribution in [0, 0.1) is 0 Å². The zero-order chi connectivity index (χ0) is 10.5. The van der Waals surface area contributed by atoms with Crippen LogP contribution in [0.25, 0.3) is 0 Å². The molecule has 0 bridgehead atoms. The summed E-state index contributed by atoms with van der Waals surface area (Å²) in [5.74, 6) is 0.738. The first-order valence-corrected chi connectivity index (χ1v) is 5.66. The van der Waals surface area contributed by atoms with Gasteiger partial charge in [0.2, 0.25) is 5.89 Å². The Balaban J connectivity index is 1.93. The summed E-state index contributed by atoms with van der Waals surface area (Å²) in [4.78, 5) is 4.42. The van der Waals surface area contributed by atoms with E-state index in [0.717, 1.165) is 43.9 Å². The quantitative estimate of drug-likeness (QED) is 0.823. The Kier molecular flexibility index (Phi) is 3.75. The minimum atomic E-state index is 0.0744. The number of nitrogens with zero attached hydrogens (tertiary/aromatic N) is 1. The smallest absolute Gasteiger partial charge is 0.223 e. The third-order valence-electron chi connectivity index (χ3n) is 2.66. The van der Waals surface area contributed by atoms with E-state index in [1.54, 1.807) is 6.26 Å². The van der Waals surface area contributed by atoms with E-state index < -0.39 is 0 Å². The number of oxazole rings is 1. The fourth-order valence-corrected chi connectivity index (χ4v) is 1.80. The van der Waals surface area contributed by atoms with Gasteiger partial charge in [-0.2, -0.15) is 0 Å². The summed E-state index contributed by atoms with van der Waals surface area (Å²) in [6.07, 6.45) is 7.03. The minimum Gasteiger partial charge on any atom is -0.446 e. The van der Waals surface area contributed by atoms with E-state index >= 15 is 0 Å². The molecule has 0 aromatic carbocycles. The molecule has 0 spiro atoms. The van der Waals surface area contributed by atoms with Crippen molar-refractivity contribution in [3.63, 3.8) is 0 Å². The third-order valence-corrected chi connectivity index (χ3v) is 2.66. The lowest BCUT2D eigenvalue weighted by molar-refractivity contribution is -0.00149. The summed E-state index contributed by atoms with van der Waals surface area (Å²) in [6, 6.07) is 0. The summed E-state index contributed by atoms with van der Waals surface area (Å²) < 4.78 is 11.0. The zero-order valence-corrected chi connectivity index (χ0v) is 8.95. The number of rotatable bonds is 4. The van der Waals surface area contributed by atoms with E-state index in [9.17, 15) is 0 Å². The molecule has 0 saturated carbocycles. The van der Waals surface area contributed by atoms with E-state index in [0.29, 0.717) is 6.54 Å². The van der Waals surface area contributed by atoms with Crippen LogP contribution in [0.4, 0.5) is 0 Å². The van der Waals surface area contributed by atoms with Crippen molar-refractivity contribution in [2.45, 2.75) is 38.2 Å². The molecular weight excluding hydrogens is 192 g/mol. The first-order valence-electron chi connectivity index (χ1n) is 5.66. The summed E-state index contributed by atoms with van der Waals surface area (Å²) in [5.41, 5.74) is 6.43. The first-order chi connectivity index (χ1) is 7.40. The normalized spacial score (nSPS) is 21.8. The van der Waals surface area contributed by atoms with Gasteiger partial charge >= 0.3 is 0 Å². The molecule has 84 valence electrons. The molecule has 4 nitrogen and oxygen atoms in total. The molecule has 2 N–H and O–H groups in total. The number of hydrogen-bond donors (Lipinski definition) is 1. The van der Waals surface area contributed by atoms with Gasteiger partial charge in [-0.15, -0.1) is 0 Å². The number of hydrogen-bond acceptors (Lipinski definition) is 4. The predicted molar refractivity (Wildman–Crippen MR) is 56.4 cm³/mol. The summed E-state index contributed by atoms with van der Waals surface area (Å²) in [6.45, 7) is 1.52. The Morgan fingerprint density at radius 2 is 2.40 bits per heavy atom. The van der Waals surface area contributed by atoms with Crippen molar-refractivity contribution in [3.05, 3.63) is 17.8 Å². The molecule has 1 unspecified atom stereocenters. The molecule has 1 saturated heterocycles. The lowest BCUT2D eigenvalue weighted by atomic mass is 10.1. The second-order valence-electron chi connectivity index (χ2n) is 3.92. The van der Waals surface area contributed by atoms with Crippen LogP contribution in [-0.2, 0) is 11.2 Å². The van der Waals surface area contributed by atoms with Crippen molar-refractivity contribution in [2.24, 2.45) is 5.73 Å². The molecule has 0 aliphatic carbocycles. The first kappa shape index (κ1) is 10.6. The number of nitrogens with two attached hydrogens (primary N) is 1. The van der Waals surface area contributed by atoms with Gasteiger partial charge in [-0.25, -0.2) is 4.98 Å². The van der Waals surface area contributed by atoms with Crippen molar-refractivity contribution in [2.75, 3.05) is 13.2 Å². The van der Waals surface area contributed by atoms with Gasteiger partial charge in [0.25, 0.3) is 0 Å². The monoisotopic (exact) mass is 210 g/mol. The van der Waals surface area contributed by atoms with Crippen LogP contribution >= 0.6 is 0 Å². The molecule has 2 rings (SSSR count). The third kappa shape index (κ3) is 2.79. The molecule has 1 aliphatic heterocycles. The highest BCUT2D eigenvalue weighted by Crippen LogP contribution is 2.27. The fourth-order valence-electron chi connectivity index (χ4n) is 1.80. The van der Waals surface area contributed by atoms with Gasteiger partial charge in [-0.05, 0) is 38.6 Å². The zero-order valence-electron chi connectivity index (χ0n) is 8.95. The van der Waals surface area contributed by atoms with Gasteiger partial charge < -0.3 is 14.9 Å². The van der Waals surface area contributed by atoms with Crippen LogP contribution in [-0.4, -0.2) is 18.1 Å². The molecule has 0 radical (unpaired) electrons. The average molecular weight is 210 g/mol. The van der Waals surface area contributed by atoms with Crippen LogP contribution in [0.15, 0.2) is 10.7 Å². The molecule has 1 aliphatic rings. The fraction of sp³-hybridized carbons (Fsp3) is 0.727. The van der Waals surface area contributed by atoms with Crippen molar-refractivity contribution in [1.82, 2.24) is 4.98 Å². The highest BCUT2D eigenvalue weighted by molar-refractivity contribution is 4.99. The van der Waals surface area contributed by atoms with Gasteiger partial charge in [-0.1, -0.05) is 0 Å². The van der Waals surface area contributed by atoms with Gasteiger partial charge in [-0.3, -0.25) is 0 Å². The molecule has 1 atom stereocenters. The number of aromatic nitrogens is 1. The van der Waals surface area contributed by atoms with Crippen LogP contribution in [0.2, 0.25) is 0 Å². The summed E-state index contributed by atoms with van der Waals surface area (Å²) >= 11 is 0. The number of aryl methyl sites for hydroxylation is 1. The Bertz CT molecular complexity index is 293. The second kappa shape index (κ2) is 5.28. The maximum atomic E-state index is 5.60. The minimum absolute atomic E-state index is 0.0744. The van der Waals surface area contributed by atoms with Crippen LogP contribution < -0.4 is 5.73 Å². The van der Waals surface area contributed by atoms with Gasteiger partial charge in [0, 0.05) is 6.61 Å². The molecule has 1 fully saturated rings. The van der Waals surface area contributed by atoms with E-state index in [-0.39, 0.29) is 6.10 Å². The molecule has 0 amide bonds. The Labute approximate surface area is 89.8 Å². The van der Waals surface area contributed by atoms with Gasteiger partial charge in [0.1, 0.15) is 12.4 Å². The van der Waals surface area contributed by atoms with Gasteiger partial charge in [0.15, 0.2) is 0 Å². The second-order valence-corrected chi connectivity index (χ2v) is 3.92. The Morgan fingerprint density at radius 3 is 3.13 bits per heavy atom. The van der Waals surface area contributed by atoms with E-state index in [1.807, 2.05) is 0 Å². The Morgan fingerprint density at radius 1 is 1.47 bits per heavy atom. The lowest BCUT2D eigenvalue weighted by Crippen LogP contribution is -2.11. The average Bonchev–Trinajstić information content (AvgIpc) is 2.76. The largest absolute Gasteiger partial charge is 0.446 e.